The first kappa shape index (κ1) is 9.56. The predicted molar refractivity (Wildman–Crippen MR) is 58.3 cm³/mol. The molecule has 0 unspecified atom stereocenters. The van der Waals surface area contributed by atoms with Crippen LogP contribution in [0.4, 0.5) is 5.95 Å². The van der Waals surface area contributed by atoms with Crippen LogP contribution in [0.2, 0.25) is 0 Å². The standard InChI is InChI=1S/C11H19N3/c1-14-9-8-12-11(14)13-10-6-4-2-3-5-7-10/h8-10H,2-7H2,1H3,(H,12,13). The number of aryl methyl sites for hydroxylation is 1. The van der Waals surface area contributed by atoms with Gasteiger partial charge in [-0.05, 0) is 12.8 Å². The van der Waals surface area contributed by atoms with Gasteiger partial charge in [0.1, 0.15) is 0 Å². The lowest BCUT2D eigenvalue weighted by Crippen LogP contribution is -2.20. The second-order valence-electron chi connectivity index (χ2n) is 4.19. The van der Waals surface area contributed by atoms with E-state index < -0.39 is 0 Å². The molecule has 1 aromatic heterocycles. The Bertz CT molecular complexity index is 272. The van der Waals surface area contributed by atoms with Crippen molar-refractivity contribution in [2.75, 3.05) is 5.32 Å². The molecule has 1 heterocycles. The maximum absolute atomic E-state index is 4.29. The predicted octanol–water partition coefficient (Wildman–Crippen LogP) is 2.55. The summed E-state index contributed by atoms with van der Waals surface area (Å²) in [6.07, 6.45) is 12.0. The normalized spacial score (nSPS) is 19.2. The van der Waals surface area contributed by atoms with E-state index in [0.29, 0.717) is 6.04 Å². The van der Waals surface area contributed by atoms with Gasteiger partial charge in [0.25, 0.3) is 0 Å². The van der Waals surface area contributed by atoms with Gasteiger partial charge in [0, 0.05) is 25.5 Å². The number of aromatic nitrogens is 2. The first-order valence-corrected chi connectivity index (χ1v) is 5.60. The molecule has 0 atom stereocenters. The molecule has 1 N–H and O–H groups in total. The van der Waals surface area contributed by atoms with Crippen LogP contribution in [0.25, 0.3) is 0 Å². The van der Waals surface area contributed by atoms with Crippen LogP contribution in [0.5, 0.6) is 0 Å². The quantitative estimate of drug-likeness (QED) is 0.731. The van der Waals surface area contributed by atoms with Gasteiger partial charge in [0.15, 0.2) is 0 Å². The summed E-state index contributed by atoms with van der Waals surface area (Å²) in [6.45, 7) is 0. The molecule has 1 fully saturated rings. The topological polar surface area (TPSA) is 29.9 Å². The summed E-state index contributed by atoms with van der Waals surface area (Å²) >= 11 is 0. The summed E-state index contributed by atoms with van der Waals surface area (Å²) < 4.78 is 2.05. The number of imidazole rings is 1. The van der Waals surface area contributed by atoms with Crippen molar-refractivity contribution < 1.29 is 0 Å². The summed E-state index contributed by atoms with van der Waals surface area (Å²) in [4.78, 5) is 4.29. The number of rotatable bonds is 2. The lowest BCUT2D eigenvalue weighted by molar-refractivity contribution is 0.611. The Labute approximate surface area is 85.5 Å². The van der Waals surface area contributed by atoms with E-state index in [1.165, 1.54) is 38.5 Å². The van der Waals surface area contributed by atoms with Crippen LogP contribution in [-0.4, -0.2) is 15.6 Å². The van der Waals surface area contributed by atoms with Gasteiger partial charge in [-0.15, -0.1) is 0 Å². The third kappa shape index (κ3) is 2.28. The third-order valence-corrected chi connectivity index (χ3v) is 3.01. The Kier molecular flexibility index (Phi) is 3.07. The highest BCUT2D eigenvalue weighted by Crippen LogP contribution is 2.19. The fraction of sp³-hybridized carbons (Fsp3) is 0.727. The van der Waals surface area contributed by atoms with Crippen LogP contribution in [0, 0.1) is 0 Å². The lowest BCUT2D eigenvalue weighted by Gasteiger charge is -2.16. The maximum Gasteiger partial charge on any atom is 0.202 e. The highest BCUT2D eigenvalue weighted by molar-refractivity contribution is 5.26. The van der Waals surface area contributed by atoms with Gasteiger partial charge < -0.3 is 9.88 Å². The van der Waals surface area contributed by atoms with Gasteiger partial charge >= 0.3 is 0 Å². The minimum Gasteiger partial charge on any atom is -0.353 e. The molecule has 1 aliphatic carbocycles. The van der Waals surface area contributed by atoms with E-state index in [1.807, 2.05) is 24.0 Å². The second kappa shape index (κ2) is 4.49. The summed E-state index contributed by atoms with van der Waals surface area (Å²) in [5.41, 5.74) is 0. The summed E-state index contributed by atoms with van der Waals surface area (Å²) in [6, 6.07) is 0.638. The Morgan fingerprint density at radius 3 is 2.57 bits per heavy atom. The van der Waals surface area contributed by atoms with Crippen LogP contribution in [0.15, 0.2) is 12.4 Å². The molecule has 78 valence electrons. The highest BCUT2D eigenvalue weighted by atomic mass is 15.2. The van der Waals surface area contributed by atoms with Crippen molar-refractivity contribution in [3.63, 3.8) is 0 Å². The Hall–Kier alpha value is -0.990. The number of anilines is 1. The van der Waals surface area contributed by atoms with Crippen molar-refractivity contribution in [1.29, 1.82) is 0 Å². The molecule has 0 aromatic carbocycles. The first-order valence-electron chi connectivity index (χ1n) is 5.60. The van der Waals surface area contributed by atoms with E-state index in [0.717, 1.165) is 5.95 Å². The van der Waals surface area contributed by atoms with Crippen LogP contribution >= 0.6 is 0 Å². The number of nitrogens with one attached hydrogen (secondary N) is 1. The second-order valence-corrected chi connectivity index (χ2v) is 4.19. The zero-order valence-electron chi connectivity index (χ0n) is 8.87. The Morgan fingerprint density at radius 2 is 2.00 bits per heavy atom. The molecule has 1 saturated carbocycles. The number of hydrogen-bond acceptors (Lipinski definition) is 2. The van der Waals surface area contributed by atoms with Crippen molar-refractivity contribution in [2.45, 2.75) is 44.6 Å². The van der Waals surface area contributed by atoms with E-state index in [-0.39, 0.29) is 0 Å². The van der Waals surface area contributed by atoms with E-state index in [1.54, 1.807) is 0 Å². The highest BCUT2D eigenvalue weighted by Gasteiger charge is 2.12. The largest absolute Gasteiger partial charge is 0.353 e. The molecule has 3 nitrogen and oxygen atoms in total. The molecular weight excluding hydrogens is 174 g/mol. The number of nitrogens with zero attached hydrogens (tertiary/aromatic N) is 2. The Balaban J connectivity index is 1.92. The van der Waals surface area contributed by atoms with E-state index in [2.05, 4.69) is 10.3 Å². The molecule has 0 bridgehead atoms. The monoisotopic (exact) mass is 193 g/mol. The van der Waals surface area contributed by atoms with Crippen LogP contribution in [0.3, 0.4) is 0 Å². The van der Waals surface area contributed by atoms with Gasteiger partial charge in [-0.2, -0.15) is 0 Å². The lowest BCUT2D eigenvalue weighted by atomic mass is 10.1. The summed E-state index contributed by atoms with van der Waals surface area (Å²) in [5.74, 6) is 1.01. The van der Waals surface area contributed by atoms with Gasteiger partial charge in [0.05, 0.1) is 0 Å². The zero-order chi connectivity index (χ0) is 9.80. The minimum atomic E-state index is 0.638. The van der Waals surface area contributed by atoms with Crippen LogP contribution < -0.4 is 5.32 Å². The SMILES string of the molecule is Cn1ccnc1NC1CCCCCC1. The molecule has 1 aliphatic rings. The molecule has 0 spiro atoms. The van der Waals surface area contributed by atoms with Crippen molar-refractivity contribution in [2.24, 2.45) is 7.05 Å². The maximum atomic E-state index is 4.29. The van der Waals surface area contributed by atoms with Gasteiger partial charge in [-0.1, -0.05) is 25.7 Å². The molecule has 14 heavy (non-hydrogen) atoms. The van der Waals surface area contributed by atoms with Gasteiger partial charge in [-0.3, -0.25) is 0 Å². The summed E-state index contributed by atoms with van der Waals surface area (Å²) in [5, 5.41) is 3.52. The van der Waals surface area contributed by atoms with Crippen molar-refractivity contribution in [1.82, 2.24) is 9.55 Å². The average molecular weight is 193 g/mol. The molecular formula is C11H19N3. The van der Waals surface area contributed by atoms with Crippen LogP contribution in [0.1, 0.15) is 38.5 Å². The van der Waals surface area contributed by atoms with E-state index >= 15 is 0 Å². The van der Waals surface area contributed by atoms with Crippen molar-refractivity contribution in [3.05, 3.63) is 12.4 Å². The molecule has 3 heteroatoms. The fourth-order valence-corrected chi connectivity index (χ4v) is 2.11. The third-order valence-electron chi connectivity index (χ3n) is 3.01. The van der Waals surface area contributed by atoms with Crippen molar-refractivity contribution >= 4 is 5.95 Å². The van der Waals surface area contributed by atoms with Gasteiger partial charge in [-0.25, -0.2) is 4.98 Å². The molecule has 0 aliphatic heterocycles. The van der Waals surface area contributed by atoms with Crippen LogP contribution in [-0.2, 0) is 7.05 Å². The smallest absolute Gasteiger partial charge is 0.202 e. The molecule has 0 amide bonds. The molecule has 2 rings (SSSR count). The van der Waals surface area contributed by atoms with Gasteiger partial charge in [0.2, 0.25) is 5.95 Å². The molecule has 0 saturated heterocycles. The molecule has 1 aromatic rings. The van der Waals surface area contributed by atoms with E-state index in [9.17, 15) is 0 Å². The minimum absolute atomic E-state index is 0.638. The zero-order valence-corrected chi connectivity index (χ0v) is 8.87. The van der Waals surface area contributed by atoms with E-state index in [4.69, 9.17) is 0 Å². The molecule has 0 radical (unpaired) electrons. The summed E-state index contributed by atoms with van der Waals surface area (Å²) in [7, 11) is 2.03. The van der Waals surface area contributed by atoms with Crippen molar-refractivity contribution in [3.8, 4) is 0 Å². The fourth-order valence-electron chi connectivity index (χ4n) is 2.11. The Morgan fingerprint density at radius 1 is 1.29 bits per heavy atom. The number of hydrogen-bond donors (Lipinski definition) is 1. The average Bonchev–Trinajstić information content (AvgIpc) is 2.44. The first-order chi connectivity index (χ1) is 6.86.